The number of benzene rings is 1. The molecule has 0 unspecified atom stereocenters. The van der Waals surface area contributed by atoms with Crippen LogP contribution in [0.5, 0.6) is 0 Å². The Morgan fingerprint density at radius 2 is 2.05 bits per heavy atom. The van der Waals surface area contributed by atoms with E-state index in [0.29, 0.717) is 6.61 Å². The fourth-order valence-electron chi connectivity index (χ4n) is 3.11. The van der Waals surface area contributed by atoms with Crippen molar-refractivity contribution in [2.24, 2.45) is 5.92 Å². The number of hydrogen-bond donors (Lipinski definition) is 0. The number of fused-ring (bicyclic) bond motifs is 1. The highest BCUT2D eigenvalue weighted by atomic mass is 16.5. The molecule has 1 aromatic rings. The van der Waals surface area contributed by atoms with E-state index in [1.807, 2.05) is 12.1 Å². The predicted molar refractivity (Wildman–Crippen MR) is 80.3 cm³/mol. The Morgan fingerprint density at radius 3 is 2.70 bits per heavy atom. The molecule has 0 amide bonds. The van der Waals surface area contributed by atoms with E-state index in [0.717, 1.165) is 31.6 Å². The first-order valence-corrected chi connectivity index (χ1v) is 7.53. The Hall–Kier alpha value is -1.37. The van der Waals surface area contributed by atoms with Gasteiger partial charge in [0.15, 0.2) is 5.60 Å². The maximum Gasteiger partial charge on any atom is 0.183 e. The molecule has 1 aromatic carbocycles. The monoisotopic (exact) mass is 272 g/mol. The Bertz CT molecular complexity index is 490. The van der Waals surface area contributed by atoms with Crippen LogP contribution in [0.3, 0.4) is 0 Å². The molecule has 1 aliphatic heterocycles. The van der Waals surface area contributed by atoms with Crippen molar-refractivity contribution in [2.75, 3.05) is 26.2 Å². The van der Waals surface area contributed by atoms with Gasteiger partial charge >= 0.3 is 0 Å². The molecular formula is C17H24N2O. The van der Waals surface area contributed by atoms with Gasteiger partial charge in [-0.1, -0.05) is 45.0 Å². The van der Waals surface area contributed by atoms with E-state index < -0.39 is 5.60 Å². The average Bonchev–Trinajstić information content (AvgIpc) is 2.51. The largest absolute Gasteiger partial charge is 0.355 e. The second-order valence-electron chi connectivity index (χ2n) is 5.49. The third-order valence-electron chi connectivity index (χ3n) is 4.41. The number of rotatable bonds is 5. The number of nitrogens with zero attached hydrogens (tertiary/aromatic N) is 2. The summed E-state index contributed by atoms with van der Waals surface area (Å²) < 4.78 is 6.01. The second-order valence-corrected chi connectivity index (χ2v) is 5.49. The molecule has 1 heterocycles. The molecule has 20 heavy (non-hydrogen) atoms. The zero-order valence-electron chi connectivity index (χ0n) is 12.7. The summed E-state index contributed by atoms with van der Waals surface area (Å²) >= 11 is 0. The highest BCUT2D eigenvalue weighted by molar-refractivity contribution is 5.39. The third-order valence-corrected chi connectivity index (χ3v) is 4.41. The maximum atomic E-state index is 9.82. The predicted octanol–water partition coefficient (Wildman–Crippen LogP) is 2.96. The van der Waals surface area contributed by atoms with E-state index in [1.54, 1.807) is 0 Å². The van der Waals surface area contributed by atoms with Gasteiger partial charge in [0, 0.05) is 18.0 Å². The van der Waals surface area contributed by atoms with Gasteiger partial charge in [-0.2, -0.15) is 5.26 Å². The van der Waals surface area contributed by atoms with E-state index in [1.165, 1.54) is 5.56 Å². The molecule has 3 heteroatoms. The van der Waals surface area contributed by atoms with E-state index in [9.17, 15) is 5.26 Å². The summed E-state index contributed by atoms with van der Waals surface area (Å²) in [5.41, 5.74) is 1.53. The Labute approximate surface area is 122 Å². The number of ether oxygens (including phenoxy) is 1. The van der Waals surface area contributed by atoms with E-state index >= 15 is 0 Å². The first kappa shape index (κ1) is 15.0. The van der Waals surface area contributed by atoms with Gasteiger partial charge in [0.25, 0.3) is 0 Å². The molecule has 0 bridgehead atoms. The third kappa shape index (κ3) is 2.59. The lowest BCUT2D eigenvalue weighted by molar-refractivity contribution is -0.0615. The van der Waals surface area contributed by atoms with Crippen LogP contribution in [0.1, 0.15) is 31.9 Å². The van der Waals surface area contributed by atoms with Gasteiger partial charge in [-0.25, -0.2) is 0 Å². The molecule has 3 nitrogen and oxygen atoms in total. The van der Waals surface area contributed by atoms with Crippen LogP contribution in [0.2, 0.25) is 0 Å². The first-order valence-electron chi connectivity index (χ1n) is 7.53. The molecule has 2 rings (SSSR count). The van der Waals surface area contributed by atoms with Crippen LogP contribution >= 0.6 is 0 Å². The van der Waals surface area contributed by atoms with Gasteiger partial charge < -0.3 is 9.64 Å². The zero-order valence-corrected chi connectivity index (χ0v) is 12.7. The maximum absolute atomic E-state index is 9.82. The van der Waals surface area contributed by atoms with Gasteiger partial charge in [-0.05, 0) is 25.1 Å². The summed E-state index contributed by atoms with van der Waals surface area (Å²) in [5.74, 6) is 0.147. The van der Waals surface area contributed by atoms with Gasteiger partial charge in [0.2, 0.25) is 0 Å². The van der Waals surface area contributed by atoms with Gasteiger partial charge in [0.1, 0.15) is 6.07 Å². The van der Waals surface area contributed by atoms with Gasteiger partial charge in [-0.15, -0.1) is 0 Å². The molecule has 0 saturated carbocycles. The van der Waals surface area contributed by atoms with Crippen molar-refractivity contribution in [3.8, 4) is 6.07 Å². The number of nitriles is 1. The normalized spacial score (nSPS) is 23.1. The van der Waals surface area contributed by atoms with E-state index in [2.05, 4.69) is 43.9 Å². The van der Waals surface area contributed by atoms with Crippen LogP contribution in [0.25, 0.3) is 0 Å². The minimum Gasteiger partial charge on any atom is -0.355 e. The quantitative estimate of drug-likeness (QED) is 0.827. The first-order chi connectivity index (χ1) is 9.67. The summed E-state index contributed by atoms with van der Waals surface area (Å²) in [7, 11) is 0. The molecule has 108 valence electrons. The van der Waals surface area contributed by atoms with E-state index in [-0.39, 0.29) is 5.92 Å². The number of hydrogen-bond acceptors (Lipinski definition) is 3. The molecule has 0 aromatic heterocycles. The van der Waals surface area contributed by atoms with Crippen LogP contribution in [0, 0.1) is 17.2 Å². The second kappa shape index (κ2) is 6.39. The van der Waals surface area contributed by atoms with E-state index in [4.69, 9.17) is 4.74 Å². The van der Waals surface area contributed by atoms with Crippen LogP contribution in [-0.2, 0) is 16.8 Å². The van der Waals surface area contributed by atoms with Crippen molar-refractivity contribution in [1.82, 2.24) is 4.90 Å². The summed E-state index contributed by atoms with van der Waals surface area (Å²) in [4.78, 5) is 2.35. The Kier molecular flexibility index (Phi) is 4.80. The minimum atomic E-state index is -0.794. The average molecular weight is 272 g/mol. The van der Waals surface area contributed by atoms with Crippen LogP contribution in [-0.4, -0.2) is 31.1 Å². The molecule has 0 radical (unpaired) electrons. The van der Waals surface area contributed by atoms with Crippen molar-refractivity contribution in [3.63, 3.8) is 0 Å². The van der Waals surface area contributed by atoms with Crippen molar-refractivity contribution in [3.05, 3.63) is 35.4 Å². The fourth-order valence-corrected chi connectivity index (χ4v) is 3.11. The smallest absolute Gasteiger partial charge is 0.183 e. The standard InChI is InChI=1S/C17H24N2O/c1-4-19(5-2)12-14(3)17(13-18)16-9-7-6-8-15(16)10-11-20-17/h6-9,14H,4-5,10-12H2,1-3H3/t14-,17+/m0/s1. The van der Waals surface area contributed by atoms with Crippen LogP contribution in [0.15, 0.2) is 24.3 Å². The van der Waals surface area contributed by atoms with Crippen molar-refractivity contribution in [1.29, 1.82) is 5.26 Å². The fraction of sp³-hybridized carbons (Fsp3) is 0.588. The van der Waals surface area contributed by atoms with Gasteiger partial charge in [0.05, 0.1) is 6.61 Å². The van der Waals surface area contributed by atoms with Crippen molar-refractivity contribution < 1.29 is 4.74 Å². The van der Waals surface area contributed by atoms with Crippen molar-refractivity contribution >= 4 is 0 Å². The lowest BCUT2D eigenvalue weighted by Gasteiger charge is -2.39. The molecule has 0 spiro atoms. The molecule has 0 aliphatic carbocycles. The molecular weight excluding hydrogens is 248 g/mol. The lowest BCUT2D eigenvalue weighted by atomic mass is 9.78. The van der Waals surface area contributed by atoms with Crippen LogP contribution in [0.4, 0.5) is 0 Å². The Morgan fingerprint density at radius 1 is 1.35 bits per heavy atom. The highest BCUT2D eigenvalue weighted by Crippen LogP contribution is 2.39. The zero-order chi connectivity index (χ0) is 14.6. The topological polar surface area (TPSA) is 36.3 Å². The summed E-state index contributed by atoms with van der Waals surface area (Å²) in [6.45, 7) is 9.97. The SMILES string of the molecule is CCN(CC)C[C@H](C)[C@@]1(C#N)OCCc2ccccc21. The summed E-state index contributed by atoms with van der Waals surface area (Å²) in [5, 5.41) is 9.82. The summed E-state index contributed by atoms with van der Waals surface area (Å²) in [6, 6.07) is 10.7. The molecule has 0 saturated heterocycles. The van der Waals surface area contributed by atoms with Gasteiger partial charge in [-0.3, -0.25) is 0 Å². The molecule has 1 aliphatic rings. The van der Waals surface area contributed by atoms with Crippen LogP contribution < -0.4 is 0 Å². The molecule has 0 N–H and O–H groups in total. The molecule has 0 fully saturated rings. The highest BCUT2D eigenvalue weighted by Gasteiger charge is 2.43. The Balaban J connectivity index is 2.33. The molecule has 2 atom stereocenters. The summed E-state index contributed by atoms with van der Waals surface area (Å²) in [6.07, 6.45) is 0.900. The van der Waals surface area contributed by atoms with Crippen molar-refractivity contribution in [2.45, 2.75) is 32.8 Å². The minimum absolute atomic E-state index is 0.147. The lowest BCUT2D eigenvalue weighted by Crippen LogP contribution is -2.45.